The topological polar surface area (TPSA) is 19.7 Å². The maximum atomic E-state index is 3.83. The summed E-state index contributed by atoms with van der Waals surface area (Å²) in [6.45, 7) is 7.23. The fourth-order valence-electron chi connectivity index (χ4n) is 3.22. The third-order valence-electron chi connectivity index (χ3n) is 4.74. The van der Waals surface area contributed by atoms with Gasteiger partial charge in [-0.3, -0.25) is 0 Å². The average Bonchev–Trinajstić information content (AvgIpc) is 3.02. The summed E-state index contributed by atoms with van der Waals surface area (Å²) in [4.78, 5) is 3.20. The zero-order valence-corrected chi connectivity index (χ0v) is 15.5. The van der Waals surface area contributed by atoms with E-state index >= 15 is 0 Å². The molecule has 0 aliphatic rings. The highest BCUT2D eigenvalue weighted by molar-refractivity contribution is 5.31. The summed E-state index contributed by atoms with van der Waals surface area (Å²) in [5.41, 5.74) is 0. The number of imidazole rings is 1. The molecule has 1 heterocycles. The maximum Gasteiger partial charge on any atom is 0.278 e. The lowest BCUT2D eigenvalue weighted by Gasteiger charge is -2.03. The minimum Gasteiger partial charge on any atom is -0.244 e. The summed E-state index contributed by atoms with van der Waals surface area (Å²) in [5, 5.41) is 0. The summed E-state index contributed by atoms with van der Waals surface area (Å²) in [7, 11) is 0. The fraction of sp³-hybridized carbons (Fsp3) is 0.762. The number of nitrogens with zero attached hydrogens (tertiary/aromatic N) is 1. The van der Waals surface area contributed by atoms with E-state index in [0.717, 1.165) is 12.4 Å². The van der Waals surface area contributed by atoms with Crippen molar-refractivity contribution in [2.24, 2.45) is 0 Å². The third kappa shape index (κ3) is 10.4. The number of rotatable bonds is 16. The van der Waals surface area contributed by atoms with E-state index in [-0.39, 0.29) is 0 Å². The van der Waals surface area contributed by atoms with Crippen LogP contribution in [0.3, 0.4) is 0 Å². The van der Waals surface area contributed by atoms with Crippen molar-refractivity contribution in [2.75, 3.05) is 0 Å². The number of hydrogen-bond donors (Lipinski definition) is 1. The van der Waals surface area contributed by atoms with Crippen LogP contribution < -0.4 is 4.57 Å². The van der Waals surface area contributed by atoms with E-state index in [4.69, 9.17) is 0 Å². The van der Waals surface area contributed by atoms with E-state index in [0.29, 0.717) is 0 Å². The SMILES string of the molecule is C=Cc1[nH]cc[n+]1CCCCCCCCCCCCCCCC. The molecule has 132 valence electrons. The van der Waals surface area contributed by atoms with E-state index in [1.54, 1.807) is 0 Å². The predicted octanol–water partition coefficient (Wildman–Crippen LogP) is 6.43. The number of aromatic nitrogens is 2. The molecule has 0 saturated heterocycles. The van der Waals surface area contributed by atoms with E-state index in [1.165, 1.54) is 89.9 Å². The van der Waals surface area contributed by atoms with Gasteiger partial charge >= 0.3 is 0 Å². The minimum absolute atomic E-state index is 1.11. The first-order valence-electron chi connectivity index (χ1n) is 10.1. The van der Waals surface area contributed by atoms with Crippen LogP contribution >= 0.6 is 0 Å². The van der Waals surface area contributed by atoms with Gasteiger partial charge in [-0.15, -0.1) is 0 Å². The number of aromatic amines is 1. The summed E-state index contributed by atoms with van der Waals surface area (Å²) < 4.78 is 2.26. The molecule has 1 rings (SSSR count). The quantitative estimate of drug-likeness (QED) is 0.268. The number of H-pyrrole nitrogens is 1. The molecule has 1 aromatic heterocycles. The lowest BCUT2D eigenvalue weighted by molar-refractivity contribution is -0.697. The molecular weight excluding hydrogens is 280 g/mol. The van der Waals surface area contributed by atoms with E-state index in [9.17, 15) is 0 Å². The van der Waals surface area contributed by atoms with Crippen molar-refractivity contribution < 1.29 is 4.57 Å². The third-order valence-corrected chi connectivity index (χ3v) is 4.74. The Morgan fingerprint density at radius 3 is 1.78 bits per heavy atom. The van der Waals surface area contributed by atoms with Crippen molar-refractivity contribution >= 4 is 6.08 Å². The molecule has 2 heteroatoms. The molecule has 0 amide bonds. The second kappa shape index (κ2) is 14.5. The van der Waals surface area contributed by atoms with E-state index in [1.807, 2.05) is 12.3 Å². The summed E-state index contributed by atoms with van der Waals surface area (Å²) in [6.07, 6.45) is 25.9. The van der Waals surface area contributed by atoms with Crippen LogP contribution in [0.25, 0.3) is 6.08 Å². The summed E-state index contributed by atoms with van der Waals surface area (Å²) >= 11 is 0. The Balaban J connectivity index is 1.79. The highest BCUT2D eigenvalue weighted by Crippen LogP contribution is 2.12. The molecule has 0 atom stereocenters. The van der Waals surface area contributed by atoms with Gasteiger partial charge in [0.2, 0.25) is 0 Å². The number of hydrogen-bond acceptors (Lipinski definition) is 0. The lowest BCUT2D eigenvalue weighted by atomic mass is 10.0. The molecular formula is C21H39N2+. The van der Waals surface area contributed by atoms with Crippen molar-refractivity contribution in [3.05, 3.63) is 24.8 Å². The molecule has 0 saturated carbocycles. The number of unbranched alkanes of at least 4 members (excludes halogenated alkanes) is 13. The van der Waals surface area contributed by atoms with E-state index in [2.05, 4.69) is 29.3 Å². The Bertz CT molecular complexity index is 381. The molecule has 0 aromatic carbocycles. The Morgan fingerprint density at radius 1 is 0.826 bits per heavy atom. The normalized spacial score (nSPS) is 11.0. The molecule has 0 aliphatic carbocycles. The van der Waals surface area contributed by atoms with Gasteiger partial charge in [-0.05, 0) is 12.8 Å². The van der Waals surface area contributed by atoms with Crippen molar-refractivity contribution in [1.82, 2.24) is 4.98 Å². The van der Waals surface area contributed by atoms with Gasteiger partial charge in [0.05, 0.1) is 6.54 Å². The van der Waals surface area contributed by atoms with Crippen LogP contribution in [0, 0.1) is 0 Å². The zero-order chi connectivity index (χ0) is 16.6. The monoisotopic (exact) mass is 319 g/mol. The first-order valence-corrected chi connectivity index (χ1v) is 10.1. The van der Waals surface area contributed by atoms with Gasteiger partial charge in [0.15, 0.2) is 0 Å². The second-order valence-corrected chi connectivity index (χ2v) is 6.84. The first kappa shape index (κ1) is 20.0. The maximum absolute atomic E-state index is 3.83. The largest absolute Gasteiger partial charge is 0.278 e. The van der Waals surface area contributed by atoms with Crippen molar-refractivity contribution in [3.63, 3.8) is 0 Å². The van der Waals surface area contributed by atoms with Crippen LogP contribution in [0.4, 0.5) is 0 Å². The number of nitrogens with one attached hydrogen (secondary N) is 1. The van der Waals surface area contributed by atoms with Crippen molar-refractivity contribution in [2.45, 2.75) is 103 Å². The van der Waals surface area contributed by atoms with Crippen LogP contribution in [0.5, 0.6) is 0 Å². The molecule has 0 bridgehead atoms. The van der Waals surface area contributed by atoms with Crippen molar-refractivity contribution in [3.8, 4) is 0 Å². The smallest absolute Gasteiger partial charge is 0.244 e. The molecule has 2 nitrogen and oxygen atoms in total. The molecule has 0 unspecified atom stereocenters. The van der Waals surface area contributed by atoms with Gasteiger partial charge < -0.3 is 0 Å². The lowest BCUT2D eigenvalue weighted by Crippen LogP contribution is -2.34. The fourth-order valence-corrected chi connectivity index (χ4v) is 3.22. The van der Waals surface area contributed by atoms with Crippen molar-refractivity contribution in [1.29, 1.82) is 0 Å². The van der Waals surface area contributed by atoms with Crippen LogP contribution in [0.2, 0.25) is 0 Å². The Morgan fingerprint density at radius 2 is 1.30 bits per heavy atom. The first-order chi connectivity index (χ1) is 11.4. The Hall–Kier alpha value is -1.05. The highest BCUT2D eigenvalue weighted by atomic mass is 15.0. The van der Waals surface area contributed by atoms with Gasteiger partial charge in [-0.2, -0.15) is 0 Å². The summed E-state index contributed by atoms with van der Waals surface area (Å²) in [6, 6.07) is 0. The highest BCUT2D eigenvalue weighted by Gasteiger charge is 2.04. The Labute approximate surface area is 144 Å². The van der Waals surface area contributed by atoms with Gasteiger partial charge in [-0.25, -0.2) is 9.55 Å². The second-order valence-electron chi connectivity index (χ2n) is 6.84. The van der Waals surface area contributed by atoms with Crippen LogP contribution in [-0.2, 0) is 6.54 Å². The van der Waals surface area contributed by atoms with Gasteiger partial charge in [0.1, 0.15) is 12.4 Å². The van der Waals surface area contributed by atoms with Crippen LogP contribution in [-0.4, -0.2) is 4.98 Å². The summed E-state index contributed by atoms with van der Waals surface area (Å²) in [5.74, 6) is 1.12. The standard InChI is InChI=1S/C21H38N2/c1-3-5-6-7-8-9-10-11-12-13-14-15-16-17-19-23-20-18-22-21(23)4-2/h4,18,20H,2-3,5-17,19H2,1H3/p+1. The minimum atomic E-state index is 1.11. The van der Waals surface area contributed by atoms with Gasteiger partial charge in [-0.1, -0.05) is 90.6 Å². The molecule has 23 heavy (non-hydrogen) atoms. The van der Waals surface area contributed by atoms with Crippen LogP contribution in [0.15, 0.2) is 19.0 Å². The molecule has 0 fully saturated rings. The molecule has 0 spiro atoms. The average molecular weight is 320 g/mol. The van der Waals surface area contributed by atoms with Crippen LogP contribution in [0.1, 0.15) is 103 Å². The molecule has 1 N–H and O–H groups in total. The zero-order valence-electron chi connectivity index (χ0n) is 15.5. The van der Waals surface area contributed by atoms with Gasteiger partial charge in [0, 0.05) is 6.08 Å². The van der Waals surface area contributed by atoms with Gasteiger partial charge in [0.25, 0.3) is 5.82 Å². The number of aryl methyl sites for hydroxylation is 1. The molecule has 1 aromatic rings. The Kier molecular flexibility index (Phi) is 12.6. The predicted molar refractivity (Wildman–Crippen MR) is 101 cm³/mol. The molecule has 0 radical (unpaired) electrons. The molecule has 0 aliphatic heterocycles. The van der Waals surface area contributed by atoms with E-state index < -0.39 is 0 Å².